The predicted octanol–water partition coefficient (Wildman–Crippen LogP) is 3.42. The van der Waals surface area contributed by atoms with Crippen LogP contribution in [0.3, 0.4) is 0 Å². The summed E-state index contributed by atoms with van der Waals surface area (Å²) in [6.45, 7) is 9.86. The molecular weight excluding hydrogens is 328 g/mol. The number of pyridine rings is 1. The second kappa shape index (κ2) is 6.36. The van der Waals surface area contributed by atoms with E-state index in [9.17, 15) is 4.79 Å². The van der Waals surface area contributed by atoms with Gasteiger partial charge in [-0.05, 0) is 55.5 Å². The SMILES string of the molecule is CC(C)OC(=O)[C@@](N)(CC(C)(C)C)c1ccc2c(ccc3ncnn32)c1. The van der Waals surface area contributed by atoms with Crippen LogP contribution in [0.2, 0.25) is 0 Å². The molecule has 0 aliphatic rings. The first-order valence-electron chi connectivity index (χ1n) is 8.83. The lowest BCUT2D eigenvalue weighted by molar-refractivity contribution is -0.156. The fourth-order valence-corrected chi connectivity index (χ4v) is 3.32. The van der Waals surface area contributed by atoms with Gasteiger partial charge >= 0.3 is 5.97 Å². The van der Waals surface area contributed by atoms with Crippen LogP contribution in [0, 0.1) is 5.41 Å². The number of nitrogens with two attached hydrogens (primary N) is 1. The van der Waals surface area contributed by atoms with Gasteiger partial charge in [0.25, 0.3) is 0 Å². The molecule has 2 aromatic heterocycles. The van der Waals surface area contributed by atoms with Gasteiger partial charge in [0.2, 0.25) is 0 Å². The van der Waals surface area contributed by atoms with E-state index >= 15 is 0 Å². The second-order valence-electron chi connectivity index (χ2n) is 8.30. The number of benzene rings is 1. The maximum Gasteiger partial charge on any atom is 0.331 e. The van der Waals surface area contributed by atoms with Crippen LogP contribution < -0.4 is 5.73 Å². The van der Waals surface area contributed by atoms with Gasteiger partial charge in [-0.25, -0.2) is 14.3 Å². The Morgan fingerprint density at radius 3 is 2.62 bits per heavy atom. The lowest BCUT2D eigenvalue weighted by Gasteiger charge is -2.34. The van der Waals surface area contributed by atoms with Crippen molar-refractivity contribution in [3.05, 3.63) is 42.2 Å². The predicted molar refractivity (Wildman–Crippen MR) is 102 cm³/mol. The molecule has 0 bridgehead atoms. The summed E-state index contributed by atoms with van der Waals surface area (Å²) in [5.41, 5.74) is 7.75. The van der Waals surface area contributed by atoms with Crippen molar-refractivity contribution < 1.29 is 9.53 Å². The topological polar surface area (TPSA) is 82.5 Å². The molecule has 3 aromatic rings. The number of aromatic nitrogens is 3. The summed E-state index contributed by atoms with van der Waals surface area (Å²) in [5.74, 6) is -0.399. The summed E-state index contributed by atoms with van der Waals surface area (Å²) < 4.78 is 7.27. The van der Waals surface area contributed by atoms with Gasteiger partial charge in [-0.1, -0.05) is 26.8 Å². The molecule has 6 heteroatoms. The van der Waals surface area contributed by atoms with E-state index in [0.717, 1.165) is 22.1 Å². The Morgan fingerprint density at radius 1 is 1.23 bits per heavy atom. The Labute approximate surface area is 153 Å². The molecule has 0 fully saturated rings. The highest BCUT2D eigenvalue weighted by atomic mass is 16.5. The van der Waals surface area contributed by atoms with Crippen LogP contribution in [0.1, 0.15) is 46.6 Å². The van der Waals surface area contributed by atoms with Gasteiger partial charge in [-0.2, -0.15) is 5.10 Å². The smallest absolute Gasteiger partial charge is 0.331 e. The van der Waals surface area contributed by atoms with Crippen molar-refractivity contribution in [2.75, 3.05) is 0 Å². The van der Waals surface area contributed by atoms with Crippen LogP contribution in [0.4, 0.5) is 0 Å². The highest BCUT2D eigenvalue weighted by Gasteiger charge is 2.41. The van der Waals surface area contributed by atoms with Crippen molar-refractivity contribution in [1.82, 2.24) is 14.6 Å². The van der Waals surface area contributed by atoms with E-state index in [1.165, 1.54) is 6.33 Å². The highest BCUT2D eigenvalue weighted by molar-refractivity contribution is 5.87. The number of hydrogen-bond donors (Lipinski definition) is 1. The Morgan fingerprint density at radius 2 is 1.96 bits per heavy atom. The third kappa shape index (κ3) is 3.42. The number of carbonyl (C=O) groups is 1. The molecule has 0 aliphatic carbocycles. The number of esters is 1. The monoisotopic (exact) mass is 354 g/mol. The first-order valence-corrected chi connectivity index (χ1v) is 8.83. The molecule has 6 nitrogen and oxygen atoms in total. The summed E-state index contributed by atoms with van der Waals surface area (Å²) in [7, 11) is 0. The maximum absolute atomic E-state index is 12.9. The zero-order valence-corrected chi connectivity index (χ0v) is 16.0. The average molecular weight is 354 g/mol. The standard InChI is InChI=1S/C20H26N4O2/c1-13(2)26-18(25)20(21,11-19(3,4)5)15-7-8-16-14(10-15)6-9-17-22-12-23-24(16)17/h6-10,12-13H,11,21H2,1-5H3/t20-/m1/s1. The Kier molecular flexibility index (Phi) is 4.48. The van der Waals surface area contributed by atoms with E-state index in [1.54, 1.807) is 4.52 Å². The number of ether oxygens (including phenoxy) is 1. The molecule has 0 amide bonds. The molecular formula is C20H26N4O2. The number of nitrogens with zero attached hydrogens (tertiary/aromatic N) is 3. The molecule has 0 radical (unpaired) electrons. The quantitative estimate of drug-likeness (QED) is 0.726. The summed E-state index contributed by atoms with van der Waals surface area (Å²) in [5, 5.41) is 5.20. The van der Waals surface area contributed by atoms with Crippen molar-refractivity contribution in [3.63, 3.8) is 0 Å². The molecule has 138 valence electrons. The van der Waals surface area contributed by atoms with Crippen LogP contribution in [0.15, 0.2) is 36.7 Å². The Balaban J connectivity index is 2.13. The Bertz CT molecular complexity index is 955. The third-order valence-corrected chi connectivity index (χ3v) is 4.27. The van der Waals surface area contributed by atoms with Crippen molar-refractivity contribution in [3.8, 4) is 0 Å². The number of hydrogen-bond acceptors (Lipinski definition) is 5. The first kappa shape index (κ1) is 18.3. The van der Waals surface area contributed by atoms with Crippen LogP contribution in [-0.4, -0.2) is 26.7 Å². The number of carbonyl (C=O) groups excluding carboxylic acids is 1. The van der Waals surface area contributed by atoms with Gasteiger partial charge in [-0.15, -0.1) is 0 Å². The van der Waals surface area contributed by atoms with Crippen LogP contribution in [-0.2, 0) is 15.1 Å². The largest absolute Gasteiger partial charge is 0.461 e. The molecule has 0 aliphatic heterocycles. The number of fused-ring (bicyclic) bond motifs is 3. The molecule has 1 aromatic carbocycles. The molecule has 2 N–H and O–H groups in total. The normalized spacial score (nSPS) is 14.7. The van der Waals surface area contributed by atoms with Gasteiger partial charge in [0.1, 0.15) is 11.9 Å². The van der Waals surface area contributed by atoms with E-state index in [2.05, 4.69) is 30.9 Å². The van der Waals surface area contributed by atoms with Gasteiger partial charge in [0.05, 0.1) is 11.6 Å². The molecule has 1 atom stereocenters. The molecule has 3 rings (SSSR count). The van der Waals surface area contributed by atoms with E-state index in [1.807, 2.05) is 44.2 Å². The summed E-state index contributed by atoms with van der Waals surface area (Å²) >= 11 is 0. The fraction of sp³-hybridized carbons (Fsp3) is 0.450. The van der Waals surface area contributed by atoms with Gasteiger partial charge < -0.3 is 10.5 Å². The van der Waals surface area contributed by atoms with Crippen molar-refractivity contribution in [2.24, 2.45) is 11.1 Å². The molecule has 0 spiro atoms. The molecule has 0 unspecified atom stereocenters. The fourth-order valence-electron chi connectivity index (χ4n) is 3.32. The molecule has 2 heterocycles. The van der Waals surface area contributed by atoms with E-state index < -0.39 is 11.5 Å². The summed E-state index contributed by atoms with van der Waals surface area (Å²) in [6, 6.07) is 9.63. The Hall–Kier alpha value is -2.47. The minimum atomic E-state index is -1.21. The zero-order chi connectivity index (χ0) is 19.1. The first-order chi connectivity index (χ1) is 12.1. The molecule has 26 heavy (non-hydrogen) atoms. The maximum atomic E-state index is 12.9. The van der Waals surface area contributed by atoms with Gasteiger partial charge in [0, 0.05) is 5.39 Å². The van der Waals surface area contributed by atoms with Crippen LogP contribution >= 0.6 is 0 Å². The lowest BCUT2D eigenvalue weighted by atomic mass is 9.76. The summed E-state index contributed by atoms with van der Waals surface area (Å²) in [6.07, 6.45) is 1.78. The lowest BCUT2D eigenvalue weighted by Crippen LogP contribution is -2.49. The average Bonchev–Trinajstić information content (AvgIpc) is 3.00. The van der Waals surface area contributed by atoms with Crippen molar-refractivity contribution >= 4 is 22.5 Å². The van der Waals surface area contributed by atoms with Gasteiger partial charge in [-0.3, -0.25) is 0 Å². The van der Waals surface area contributed by atoms with Gasteiger partial charge in [0.15, 0.2) is 5.65 Å². The molecule has 0 saturated carbocycles. The van der Waals surface area contributed by atoms with E-state index in [0.29, 0.717) is 6.42 Å². The number of rotatable bonds is 4. The minimum Gasteiger partial charge on any atom is -0.461 e. The van der Waals surface area contributed by atoms with E-state index in [-0.39, 0.29) is 11.5 Å². The van der Waals surface area contributed by atoms with Crippen LogP contribution in [0.25, 0.3) is 16.6 Å². The second-order valence-corrected chi connectivity index (χ2v) is 8.30. The molecule has 0 saturated heterocycles. The third-order valence-electron chi connectivity index (χ3n) is 4.27. The van der Waals surface area contributed by atoms with Crippen molar-refractivity contribution in [1.29, 1.82) is 0 Å². The summed E-state index contributed by atoms with van der Waals surface area (Å²) in [4.78, 5) is 17.1. The van der Waals surface area contributed by atoms with Crippen LogP contribution in [0.5, 0.6) is 0 Å². The van der Waals surface area contributed by atoms with Crippen molar-refractivity contribution in [2.45, 2.75) is 52.7 Å². The van der Waals surface area contributed by atoms with E-state index in [4.69, 9.17) is 10.5 Å². The zero-order valence-electron chi connectivity index (χ0n) is 16.0. The highest BCUT2D eigenvalue weighted by Crippen LogP contribution is 2.35. The minimum absolute atomic E-state index is 0.143.